The Labute approximate surface area is 180 Å². The van der Waals surface area contributed by atoms with E-state index in [1.165, 1.54) is 23.3 Å². The third kappa shape index (κ3) is 3.46. The number of para-hydroxylation sites is 1. The Morgan fingerprint density at radius 2 is 1.67 bits per heavy atom. The minimum absolute atomic E-state index is 0.0426. The molecule has 5 rings (SSSR count). The second-order valence-corrected chi connectivity index (χ2v) is 9.09. The monoisotopic (exact) mass is 415 g/mol. The number of rotatable bonds is 2. The predicted octanol–water partition coefficient (Wildman–Crippen LogP) is 6.79. The number of halogens is 1. The van der Waals surface area contributed by atoms with Crippen molar-refractivity contribution in [1.29, 1.82) is 0 Å². The van der Waals surface area contributed by atoms with E-state index in [0.29, 0.717) is 6.42 Å². The lowest BCUT2D eigenvalue weighted by molar-refractivity contribution is -0.116. The van der Waals surface area contributed by atoms with Crippen molar-refractivity contribution in [1.82, 2.24) is 0 Å². The van der Waals surface area contributed by atoms with Crippen molar-refractivity contribution in [3.8, 4) is 0 Å². The molecule has 0 radical (unpaired) electrons. The Bertz CT molecular complexity index is 1150. The molecule has 1 aliphatic carbocycles. The lowest BCUT2D eigenvalue weighted by Crippen LogP contribution is -2.24. The second kappa shape index (κ2) is 7.77. The van der Waals surface area contributed by atoms with Crippen LogP contribution >= 0.6 is 11.8 Å². The number of allylic oxidation sites excluding steroid dienone is 1. The number of carbonyl (C=O) groups excluding carboxylic acids is 1. The van der Waals surface area contributed by atoms with Gasteiger partial charge in [-0.3, -0.25) is 4.79 Å². The molecule has 1 N–H and O–H groups in total. The fraction of sp³-hybridized carbons (Fsp3) is 0.192. The maximum absolute atomic E-state index is 13.5. The van der Waals surface area contributed by atoms with Crippen LogP contribution in [0, 0.1) is 12.7 Å². The van der Waals surface area contributed by atoms with Gasteiger partial charge in [0.25, 0.3) is 0 Å². The Hall–Kier alpha value is -2.85. The fourth-order valence-corrected chi connectivity index (χ4v) is 5.89. The van der Waals surface area contributed by atoms with Crippen LogP contribution < -0.4 is 5.32 Å². The van der Waals surface area contributed by atoms with Crippen molar-refractivity contribution >= 4 is 23.2 Å². The van der Waals surface area contributed by atoms with E-state index in [9.17, 15) is 9.18 Å². The zero-order valence-corrected chi connectivity index (χ0v) is 17.5. The van der Waals surface area contributed by atoms with Crippen LogP contribution in [0.25, 0.3) is 0 Å². The normalized spacial score (nSPS) is 20.8. The molecule has 4 heteroatoms. The van der Waals surface area contributed by atoms with Crippen LogP contribution in [0.4, 0.5) is 10.1 Å². The Kier molecular flexibility index (Phi) is 4.95. The number of ketones is 1. The van der Waals surface area contributed by atoms with Gasteiger partial charge in [0.2, 0.25) is 0 Å². The first kappa shape index (κ1) is 19.1. The Balaban J connectivity index is 1.62. The molecule has 30 heavy (non-hydrogen) atoms. The summed E-state index contributed by atoms with van der Waals surface area (Å²) in [6, 6.07) is 23.1. The maximum atomic E-state index is 13.5. The van der Waals surface area contributed by atoms with Gasteiger partial charge in [-0.1, -0.05) is 48.5 Å². The molecule has 0 spiro atoms. The highest BCUT2D eigenvalue weighted by molar-refractivity contribution is 8.00. The SMILES string of the molecule is Cc1ccccc1[C@H]1Sc2ccccc2NC2=C1C(=O)C[C@@H](c1ccc(F)cc1)C2. The zero-order chi connectivity index (χ0) is 20.7. The first-order valence-corrected chi connectivity index (χ1v) is 11.1. The van der Waals surface area contributed by atoms with Gasteiger partial charge < -0.3 is 5.32 Å². The first-order chi connectivity index (χ1) is 14.6. The van der Waals surface area contributed by atoms with E-state index < -0.39 is 0 Å². The highest BCUT2D eigenvalue weighted by Gasteiger charge is 2.36. The average molecular weight is 416 g/mol. The topological polar surface area (TPSA) is 29.1 Å². The van der Waals surface area contributed by atoms with Gasteiger partial charge in [0.1, 0.15) is 5.82 Å². The standard InChI is InChI=1S/C26H22FNOS/c1-16-6-2-3-7-20(16)26-25-22(28-21-8-4-5-9-24(21)30-26)14-18(15-23(25)29)17-10-12-19(27)13-11-17/h2-13,18,26,28H,14-15H2,1H3/t18-,26+/m0/s1. The lowest BCUT2D eigenvalue weighted by Gasteiger charge is -2.30. The highest BCUT2D eigenvalue weighted by Crippen LogP contribution is 2.51. The molecule has 0 aromatic heterocycles. The highest BCUT2D eigenvalue weighted by atomic mass is 32.2. The summed E-state index contributed by atoms with van der Waals surface area (Å²) in [4.78, 5) is 14.6. The molecule has 2 atom stereocenters. The molecule has 1 heterocycles. The molecule has 0 saturated heterocycles. The number of carbonyl (C=O) groups is 1. The number of hydrogen-bond acceptors (Lipinski definition) is 3. The zero-order valence-electron chi connectivity index (χ0n) is 16.7. The van der Waals surface area contributed by atoms with Crippen LogP contribution in [-0.2, 0) is 4.79 Å². The number of anilines is 1. The lowest BCUT2D eigenvalue weighted by atomic mass is 9.79. The molecule has 150 valence electrons. The molecule has 0 bridgehead atoms. The Morgan fingerprint density at radius 1 is 0.933 bits per heavy atom. The summed E-state index contributed by atoms with van der Waals surface area (Å²) in [6.07, 6.45) is 1.19. The van der Waals surface area contributed by atoms with Crippen molar-refractivity contribution in [2.24, 2.45) is 0 Å². The molecule has 1 aliphatic heterocycles. The molecule has 0 fully saturated rings. The molecule has 2 nitrogen and oxygen atoms in total. The van der Waals surface area contributed by atoms with E-state index in [4.69, 9.17) is 0 Å². The van der Waals surface area contributed by atoms with Gasteiger partial charge in [0.15, 0.2) is 5.78 Å². The summed E-state index contributed by atoms with van der Waals surface area (Å²) >= 11 is 1.74. The minimum Gasteiger partial charge on any atom is -0.358 e. The van der Waals surface area contributed by atoms with Gasteiger partial charge in [-0.2, -0.15) is 0 Å². The summed E-state index contributed by atoms with van der Waals surface area (Å²) < 4.78 is 13.4. The number of benzene rings is 3. The number of thioether (sulfide) groups is 1. The minimum atomic E-state index is -0.252. The summed E-state index contributed by atoms with van der Waals surface area (Å²) in [5.41, 5.74) is 6.29. The van der Waals surface area contributed by atoms with Gasteiger partial charge in [-0.05, 0) is 60.2 Å². The van der Waals surface area contributed by atoms with Gasteiger partial charge in [-0.15, -0.1) is 11.8 Å². The molecule has 0 unspecified atom stereocenters. The molecule has 3 aromatic carbocycles. The van der Waals surface area contributed by atoms with E-state index in [1.54, 1.807) is 23.9 Å². The van der Waals surface area contributed by atoms with E-state index in [2.05, 4.69) is 36.5 Å². The second-order valence-electron chi connectivity index (χ2n) is 7.95. The van der Waals surface area contributed by atoms with Crippen LogP contribution in [0.15, 0.2) is 89.0 Å². The molecular formula is C26H22FNOS. The molecule has 0 saturated carbocycles. The van der Waals surface area contributed by atoms with Crippen molar-refractivity contribution in [2.75, 3.05) is 5.32 Å². The van der Waals surface area contributed by atoms with E-state index in [1.807, 2.05) is 24.3 Å². The summed E-state index contributed by atoms with van der Waals surface area (Å²) in [5, 5.41) is 3.54. The summed E-state index contributed by atoms with van der Waals surface area (Å²) in [6.45, 7) is 2.11. The largest absolute Gasteiger partial charge is 0.358 e. The van der Waals surface area contributed by atoms with E-state index in [-0.39, 0.29) is 22.8 Å². The van der Waals surface area contributed by atoms with Crippen LogP contribution in [0.1, 0.15) is 40.7 Å². The van der Waals surface area contributed by atoms with E-state index in [0.717, 1.165) is 33.8 Å². The number of Topliss-reactive ketones (excluding diaryl/α,β-unsaturated/α-hetero) is 1. The first-order valence-electron chi connectivity index (χ1n) is 10.2. The molecular weight excluding hydrogens is 393 g/mol. The summed E-state index contributed by atoms with van der Waals surface area (Å²) in [5.74, 6) is -0.0258. The number of hydrogen-bond donors (Lipinski definition) is 1. The smallest absolute Gasteiger partial charge is 0.162 e. The average Bonchev–Trinajstić information content (AvgIpc) is 2.91. The summed E-state index contributed by atoms with van der Waals surface area (Å²) in [7, 11) is 0. The van der Waals surface area contributed by atoms with Gasteiger partial charge in [0, 0.05) is 22.6 Å². The quantitative estimate of drug-likeness (QED) is 0.499. The van der Waals surface area contributed by atoms with E-state index >= 15 is 0 Å². The number of fused-ring (bicyclic) bond motifs is 1. The third-order valence-corrected chi connectivity index (χ3v) is 7.34. The fourth-order valence-electron chi connectivity index (χ4n) is 4.45. The van der Waals surface area contributed by atoms with Crippen molar-refractivity contribution in [2.45, 2.75) is 35.8 Å². The number of nitrogens with one attached hydrogen (secondary N) is 1. The van der Waals surface area contributed by atoms with Crippen LogP contribution in [-0.4, -0.2) is 5.78 Å². The maximum Gasteiger partial charge on any atom is 0.162 e. The van der Waals surface area contributed by atoms with Crippen LogP contribution in [0.2, 0.25) is 0 Å². The molecule has 0 amide bonds. The van der Waals surface area contributed by atoms with Crippen LogP contribution in [0.3, 0.4) is 0 Å². The van der Waals surface area contributed by atoms with Crippen molar-refractivity contribution in [3.05, 3.63) is 107 Å². The molecule has 3 aromatic rings. The third-order valence-electron chi connectivity index (χ3n) is 6.00. The number of aryl methyl sites for hydroxylation is 1. The van der Waals surface area contributed by atoms with Gasteiger partial charge in [0.05, 0.1) is 10.9 Å². The van der Waals surface area contributed by atoms with Crippen molar-refractivity contribution in [3.63, 3.8) is 0 Å². The molecule has 2 aliphatic rings. The van der Waals surface area contributed by atoms with Crippen molar-refractivity contribution < 1.29 is 9.18 Å². The Morgan fingerprint density at radius 3 is 2.47 bits per heavy atom. The van der Waals surface area contributed by atoms with Crippen LogP contribution in [0.5, 0.6) is 0 Å². The predicted molar refractivity (Wildman–Crippen MR) is 120 cm³/mol. The van der Waals surface area contributed by atoms with Gasteiger partial charge >= 0.3 is 0 Å². The van der Waals surface area contributed by atoms with Gasteiger partial charge in [-0.25, -0.2) is 4.39 Å².